The van der Waals surface area contributed by atoms with Gasteiger partial charge in [0.05, 0.1) is 5.56 Å². The summed E-state index contributed by atoms with van der Waals surface area (Å²) in [7, 11) is 0. The zero-order valence-electron chi connectivity index (χ0n) is 11.6. The lowest BCUT2D eigenvalue weighted by atomic mass is 10.1. The van der Waals surface area contributed by atoms with Crippen molar-refractivity contribution in [3.05, 3.63) is 76.3 Å². The summed E-state index contributed by atoms with van der Waals surface area (Å²) in [4.78, 5) is 12.4. The topological polar surface area (TPSA) is 29.1 Å². The number of carbonyl (C=O) groups excluding carboxylic acids is 1. The Kier molecular flexibility index (Phi) is 3.76. The second-order valence-electron chi connectivity index (χ2n) is 4.95. The third-order valence-corrected chi connectivity index (χ3v) is 4.50. The minimum Gasteiger partial charge on any atom is -0.322 e. The van der Waals surface area contributed by atoms with Crippen molar-refractivity contribution in [3.8, 4) is 0 Å². The molecule has 0 saturated heterocycles. The first kappa shape index (κ1) is 13.8. The molecule has 21 heavy (non-hydrogen) atoms. The molecule has 3 aromatic carbocycles. The first-order valence-corrected chi connectivity index (χ1v) is 7.50. The molecule has 0 fully saturated rings. The molecule has 0 aliphatic carbocycles. The lowest BCUT2D eigenvalue weighted by molar-refractivity contribution is 0.102. The smallest absolute Gasteiger partial charge is 0.256 e. The van der Waals surface area contributed by atoms with Gasteiger partial charge in [-0.25, -0.2) is 0 Å². The number of rotatable bonds is 2. The fourth-order valence-corrected chi connectivity index (χ4v) is 2.73. The van der Waals surface area contributed by atoms with Crippen LogP contribution in [0.4, 0.5) is 5.69 Å². The highest BCUT2D eigenvalue weighted by Crippen LogP contribution is 2.23. The third kappa shape index (κ3) is 2.83. The van der Waals surface area contributed by atoms with Gasteiger partial charge in [0.2, 0.25) is 0 Å². The summed E-state index contributed by atoms with van der Waals surface area (Å²) >= 11 is 3.47. The van der Waals surface area contributed by atoms with Crippen LogP contribution < -0.4 is 5.32 Å². The number of aryl methyl sites for hydroxylation is 1. The predicted octanol–water partition coefficient (Wildman–Crippen LogP) is 5.16. The summed E-state index contributed by atoms with van der Waals surface area (Å²) in [5.41, 5.74) is 2.48. The minimum absolute atomic E-state index is 0.110. The minimum atomic E-state index is -0.110. The van der Waals surface area contributed by atoms with Crippen LogP contribution in [-0.2, 0) is 0 Å². The maximum Gasteiger partial charge on any atom is 0.256 e. The summed E-state index contributed by atoms with van der Waals surface area (Å²) in [6.45, 7) is 1.97. The molecule has 3 rings (SSSR count). The lowest BCUT2D eigenvalue weighted by Crippen LogP contribution is -2.12. The van der Waals surface area contributed by atoms with Crippen molar-refractivity contribution in [2.24, 2.45) is 0 Å². The summed E-state index contributed by atoms with van der Waals surface area (Å²) in [5, 5.41) is 5.22. The molecule has 1 amide bonds. The second-order valence-corrected chi connectivity index (χ2v) is 5.75. The van der Waals surface area contributed by atoms with Crippen molar-refractivity contribution < 1.29 is 4.79 Å². The highest BCUT2D eigenvalue weighted by atomic mass is 79.9. The third-order valence-electron chi connectivity index (χ3n) is 3.44. The maximum atomic E-state index is 12.4. The lowest BCUT2D eigenvalue weighted by Gasteiger charge is -2.09. The number of carbonyl (C=O) groups is 1. The van der Waals surface area contributed by atoms with E-state index in [1.165, 1.54) is 0 Å². The Morgan fingerprint density at radius 3 is 2.52 bits per heavy atom. The van der Waals surface area contributed by atoms with Gasteiger partial charge in [-0.1, -0.05) is 42.5 Å². The number of halogens is 1. The van der Waals surface area contributed by atoms with E-state index in [2.05, 4.69) is 27.3 Å². The van der Waals surface area contributed by atoms with Gasteiger partial charge >= 0.3 is 0 Å². The van der Waals surface area contributed by atoms with Crippen molar-refractivity contribution in [2.45, 2.75) is 6.92 Å². The molecule has 0 radical (unpaired) electrons. The van der Waals surface area contributed by atoms with Gasteiger partial charge in [0.1, 0.15) is 0 Å². The molecule has 0 aliphatic rings. The normalized spacial score (nSPS) is 10.6. The van der Waals surface area contributed by atoms with Gasteiger partial charge < -0.3 is 5.32 Å². The van der Waals surface area contributed by atoms with Crippen LogP contribution in [0, 0.1) is 6.92 Å². The van der Waals surface area contributed by atoms with Crippen LogP contribution in [0.1, 0.15) is 15.9 Å². The van der Waals surface area contributed by atoms with Gasteiger partial charge in [-0.15, -0.1) is 0 Å². The average molecular weight is 340 g/mol. The Hall–Kier alpha value is -2.13. The van der Waals surface area contributed by atoms with E-state index >= 15 is 0 Å². The van der Waals surface area contributed by atoms with Crippen LogP contribution in [-0.4, -0.2) is 5.91 Å². The van der Waals surface area contributed by atoms with Crippen LogP contribution >= 0.6 is 15.9 Å². The second kappa shape index (κ2) is 5.70. The van der Waals surface area contributed by atoms with Crippen LogP contribution in [0.3, 0.4) is 0 Å². The summed E-state index contributed by atoms with van der Waals surface area (Å²) < 4.78 is 0.836. The van der Waals surface area contributed by atoms with Gasteiger partial charge in [0, 0.05) is 10.2 Å². The van der Waals surface area contributed by atoms with Crippen LogP contribution in [0.5, 0.6) is 0 Å². The van der Waals surface area contributed by atoms with Crippen molar-refractivity contribution >= 4 is 38.3 Å². The Labute approximate surface area is 131 Å². The Bertz CT molecular complexity index is 826. The largest absolute Gasteiger partial charge is 0.322 e. The summed E-state index contributed by atoms with van der Waals surface area (Å²) in [6, 6.07) is 19.7. The quantitative estimate of drug-likeness (QED) is 0.686. The Balaban J connectivity index is 1.91. The van der Waals surface area contributed by atoms with E-state index in [-0.39, 0.29) is 5.91 Å². The molecule has 2 nitrogen and oxygen atoms in total. The molecule has 0 bridgehead atoms. The molecular formula is C18H14BrNO. The molecule has 0 spiro atoms. The molecule has 0 aliphatic heterocycles. The molecule has 104 valence electrons. The van der Waals surface area contributed by atoms with E-state index in [1.807, 2.05) is 61.5 Å². The van der Waals surface area contributed by atoms with E-state index in [9.17, 15) is 4.79 Å². The molecule has 0 heterocycles. The Morgan fingerprint density at radius 2 is 1.71 bits per heavy atom. The molecular weight excluding hydrogens is 326 g/mol. The molecule has 0 unspecified atom stereocenters. The standard InChI is InChI=1S/C18H14BrNO/c1-12-5-4-8-16(17(12)19)18(21)20-15-10-9-13-6-2-3-7-14(13)11-15/h2-11H,1H3,(H,20,21). The van der Waals surface area contributed by atoms with Gasteiger partial charge in [0.25, 0.3) is 5.91 Å². The van der Waals surface area contributed by atoms with E-state index in [4.69, 9.17) is 0 Å². The van der Waals surface area contributed by atoms with Crippen molar-refractivity contribution in [1.82, 2.24) is 0 Å². The molecule has 0 aromatic heterocycles. The van der Waals surface area contributed by atoms with Crippen molar-refractivity contribution in [3.63, 3.8) is 0 Å². The average Bonchev–Trinajstić information content (AvgIpc) is 2.50. The van der Waals surface area contributed by atoms with E-state index in [0.717, 1.165) is 26.5 Å². The van der Waals surface area contributed by atoms with Crippen molar-refractivity contribution in [2.75, 3.05) is 5.32 Å². The number of benzene rings is 3. The van der Waals surface area contributed by atoms with Crippen LogP contribution in [0.25, 0.3) is 10.8 Å². The molecule has 0 atom stereocenters. The molecule has 3 aromatic rings. The first-order chi connectivity index (χ1) is 10.1. The fourth-order valence-electron chi connectivity index (χ4n) is 2.29. The molecule has 1 N–H and O–H groups in total. The zero-order chi connectivity index (χ0) is 14.8. The van der Waals surface area contributed by atoms with Crippen LogP contribution in [0.2, 0.25) is 0 Å². The first-order valence-electron chi connectivity index (χ1n) is 6.70. The number of hydrogen-bond donors (Lipinski definition) is 1. The fraction of sp³-hybridized carbons (Fsp3) is 0.0556. The zero-order valence-corrected chi connectivity index (χ0v) is 13.1. The highest BCUT2D eigenvalue weighted by molar-refractivity contribution is 9.10. The SMILES string of the molecule is Cc1cccc(C(=O)Nc2ccc3ccccc3c2)c1Br. The summed E-state index contributed by atoms with van der Waals surface area (Å²) in [5.74, 6) is -0.110. The predicted molar refractivity (Wildman–Crippen MR) is 90.8 cm³/mol. The molecule has 3 heteroatoms. The van der Waals surface area contributed by atoms with E-state index in [0.29, 0.717) is 5.56 Å². The number of nitrogens with one attached hydrogen (secondary N) is 1. The number of anilines is 1. The number of hydrogen-bond acceptors (Lipinski definition) is 1. The van der Waals surface area contributed by atoms with E-state index < -0.39 is 0 Å². The van der Waals surface area contributed by atoms with Gasteiger partial charge in [-0.05, 0) is 57.4 Å². The number of fused-ring (bicyclic) bond motifs is 1. The van der Waals surface area contributed by atoms with Gasteiger partial charge in [-0.2, -0.15) is 0 Å². The number of amides is 1. The van der Waals surface area contributed by atoms with Gasteiger partial charge in [-0.3, -0.25) is 4.79 Å². The Morgan fingerprint density at radius 1 is 0.952 bits per heavy atom. The van der Waals surface area contributed by atoms with Gasteiger partial charge in [0.15, 0.2) is 0 Å². The highest BCUT2D eigenvalue weighted by Gasteiger charge is 2.11. The summed E-state index contributed by atoms with van der Waals surface area (Å²) in [6.07, 6.45) is 0. The monoisotopic (exact) mass is 339 g/mol. The van der Waals surface area contributed by atoms with Crippen LogP contribution in [0.15, 0.2) is 65.1 Å². The van der Waals surface area contributed by atoms with E-state index in [1.54, 1.807) is 0 Å². The molecule has 0 saturated carbocycles. The maximum absolute atomic E-state index is 12.4. The van der Waals surface area contributed by atoms with Crippen molar-refractivity contribution in [1.29, 1.82) is 0 Å².